The fraction of sp³-hybridized carbons (Fsp3) is 0.385. The van der Waals surface area contributed by atoms with E-state index in [2.05, 4.69) is 5.32 Å². The summed E-state index contributed by atoms with van der Waals surface area (Å²) in [6.45, 7) is 3.76. The number of nitrogens with two attached hydrogens (primary N) is 1. The van der Waals surface area contributed by atoms with Crippen molar-refractivity contribution in [1.82, 2.24) is 0 Å². The standard InChI is InChI=1S/C13H18N2O4/c1-3-7(2)11(14)12(17)15-10-5-4-8(16)6-9(10)13(18)19/h4-7,11,16H,3,14H2,1-2H3,(H,15,17)(H,18,19). The molecule has 1 aromatic carbocycles. The van der Waals surface area contributed by atoms with Crippen LogP contribution in [0.3, 0.4) is 0 Å². The van der Waals surface area contributed by atoms with Crippen LogP contribution in [-0.2, 0) is 4.79 Å². The van der Waals surface area contributed by atoms with Gasteiger partial charge < -0.3 is 21.3 Å². The zero-order valence-corrected chi connectivity index (χ0v) is 10.9. The largest absolute Gasteiger partial charge is 0.508 e. The monoisotopic (exact) mass is 266 g/mol. The second kappa shape index (κ2) is 6.19. The summed E-state index contributed by atoms with van der Waals surface area (Å²) < 4.78 is 0. The first-order valence-corrected chi connectivity index (χ1v) is 5.99. The summed E-state index contributed by atoms with van der Waals surface area (Å²) in [5.74, 6) is -1.86. The van der Waals surface area contributed by atoms with E-state index in [1.807, 2.05) is 13.8 Å². The Hall–Kier alpha value is -2.08. The van der Waals surface area contributed by atoms with Crippen molar-refractivity contribution in [3.63, 3.8) is 0 Å². The predicted octanol–water partition coefficient (Wildman–Crippen LogP) is 1.40. The van der Waals surface area contributed by atoms with E-state index in [9.17, 15) is 14.7 Å². The molecular formula is C13H18N2O4. The molecule has 0 bridgehead atoms. The first-order chi connectivity index (χ1) is 8.86. The number of anilines is 1. The van der Waals surface area contributed by atoms with Crippen LogP contribution in [0, 0.1) is 5.92 Å². The zero-order valence-electron chi connectivity index (χ0n) is 10.9. The summed E-state index contributed by atoms with van der Waals surface area (Å²) >= 11 is 0. The molecule has 0 aromatic heterocycles. The number of carboxylic acid groups (broad SMARTS) is 1. The number of carbonyl (C=O) groups excluding carboxylic acids is 1. The Balaban J connectivity index is 2.94. The Morgan fingerprint density at radius 1 is 1.42 bits per heavy atom. The third-order valence-electron chi connectivity index (χ3n) is 3.05. The summed E-state index contributed by atoms with van der Waals surface area (Å²) in [4.78, 5) is 22.9. The van der Waals surface area contributed by atoms with Crippen molar-refractivity contribution in [2.24, 2.45) is 11.7 Å². The smallest absolute Gasteiger partial charge is 0.337 e. The van der Waals surface area contributed by atoms with Crippen LogP contribution < -0.4 is 11.1 Å². The topological polar surface area (TPSA) is 113 Å². The molecule has 6 nitrogen and oxygen atoms in total. The van der Waals surface area contributed by atoms with Gasteiger partial charge in [0.25, 0.3) is 0 Å². The predicted molar refractivity (Wildman–Crippen MR) is 71.1 cm³/mol. The highest BCUT2D eigenvalue weighted by Gasteiger charge is 2.21. The van der Waals surface area contributed by atoms with Crippen LogP contribution >= 0.6 is 0 Å². The average molecular weight is 266 g/mol. The lowest BCUT2D eigenvalue weighted by molar-refractivity contribution is -0.118. The van der Waals surface area contributed by atoms with Crippen molar-refractivity contribution in [1.29, 1.82) is 0 Å². The molecule has 1 aromatic rings. The lowest BCUT2D eigenvalue weighted by Gasteiger charge is -2.18. The number of aromatic carboxylic acids is 1. The molecule has 2 atom stereocenters. The van der Waals surface area contributed by atoms with Crippen molar-refractivity contribution >= 4 is 17.6 Å². The first-order valence-electron chi connectivity index (χ1n) is 5.99. The minimum atomic E-state index is -1.23. The molecule has 1 rings (SSSR count). The highest BCUT2D eigenvalue weighted by Crippen LogP contribution is 2.22. The summed E-state index contributed by atoms with van der Waals surface area (Å²) in [5, 5.41) is 20.7. The second-order valence-corrected chi connectivity index (χ2v) is 4.44. The van der Waals surface area contributed by atoms with Crippen LogP contribution in [0.15, 0.2) is 18.2 Å². The molecule has 0 aliphatic carbocycles. The number of nitrogens with one attached hydrogen (secondary N) is 1. The number of rotatable bonds is 5. The van der Waals surface area contributed by atoms with Crippen LogP contribution in [0.4, 0.5) is 5.69 Å². The van der Waals surface area contributed by atoms with Crippen LogP contribution in [0.25, 0.3) is 0 Å². The molecule has 6 heteroatoms. The number of carbonyl (C=O) groups is 2. The van der Waals surface area contributed by atoms with Crippen LogP contribution in [0.1, 0.15) is 30.6 Å². The van der Waals surface area contributed by atoms with Crippen LogP contribution in [-0.4, -0.2) is 28.1 Å². The molecule has 0 spiro atoms. The van der Waals surface area contributed by atoms with Crippen LogP contribution in [0.5, 0.6) is 5.75 Å². The lowest BCUT2D eigenvalue weighted by Crippen LogP contribution is -2.40. The van der Waals surface area contributed by atoms with E-state index in [1.54, 1.807) is 0 Å². The fourth-order valence-corrected chi connectivity index (χ4v) is 1.55. The molecule has 2 unspecified atom stereocenters. The maximum Gasteiger partial charge on any atom is 0.337 e. The summed E-state index contributed by atoms with van der Waals surface area (Å²) in [5.41, 5.74) is 5.71. The van der Waals surface area contributed by atoms with Gasteiger partial charge in [-0.1, -0.05) is 20.3 Å². The molecule has 0 aliphatic heterocycles. The number of amides is 1. The van der Waals surface area contributed by atoms with Gasteiger partial charge >= 0.3 is 5.97 Å². The third kappa shape index (κ3) is 3.69. The SMILES string of the molecule is CCC(C)C(N)C(=O)Nc1ccc(O)cc1C(=O)O. The summed E-state index contributed by atoms with van der Waals surface area (Å²) in [6.07, 6.45) is 0.746. The van der Waals surface area contributed by atoms with Gasteiger partial charge in [0.05, 0.1) is 17.3 Å². The van der Waals surface area contributed by atoms with Crippen molar-refractivity contribution in [2.45, 2.75) is 26.3 Å². The van der Waals surface area contributed by atoms with Gasteiger partial charge in [0.1, 0.15) is 5.75 Å². The second-order valence-electron chi connectivity index (χ2n) is 4.44. The molecule has 0 saturated carbocycles. The number of hydrogen-bond acceptors (Lipinski definition) is 4. The minimum Gasteiger partial charge on any atom is -0.508 e. The van der Waals surface area contributed by atoms with E-state index in [0.29, 0.717) is 0 Å². The van der Waals surface area contributed by atoms with E-state index < -0.39 is 17.9 Å². The minimum absolute atomic E-state index is 0.00890. The Morgan fingerprint density at radius 2 is 2.05 bits per heavy atom. The lowest BCUT2D eigenvalue weighted by atomic mass is 9.99. The molecule has 0 radical (unpaired) electrons. The number of aromatic hydroxyl groups is 1. The Bertz CT molecular complexity index is 488. The number of hydrogen-bond donors (Lipinski definition) is 4. The van der Waals surface area contributed by atoms with E-state index in [0.717, 1.165) is 12.5 Å². The van der Waals surface area contributed by atoms with E-state index in [-0.39, 0.29) is 22.9 Å². The molecule has 104 valence electrons. The molecule has 1 amide bonds. The van der Waals surface area contributed by atoms with Gasteiger partial charge in [-0.2, -0.15) is 0 Å². The van der Waals surface area contributed by atoms with E-state index >= 15 is 0 Å². The Morgan fingerprint density at radius 3 is 2.58 bits per heavy atom. The summed E-state index contributed by atoms with van der Waals surface area (Å²) in [6, 6.07) is 3.00. The van der Waals surface area contributed by atoms with Gasteiger partial charge in [0.2, 0.25) is 5.91 Å². The van der Waals surface area contributed by atoms with E-state index in [1.165, 1.54) is 12.1 Å². The zero-order chi connectivity index (χ0) is 14.6. The highest BCUT2D eigenvalue weighted by atomic mass is 16.4. The normalized spacial score (nSPS) is 13.6. The molecular weight excluding hydrogens is 248 g/mol. The van der Waals surface area contributed by atoms with Gasteiger partial charge in [0.15, 0.2) is 0 Å². The molecule has 19 heavy (non-hydrogen) atoms. The quantitative estimate of drug-likeness (QED) is 0.602. The van der Waals surface area contributed by atoms with E-state index in [4.69, 9.17) is 10.8 Å². The highest BCUT2D eigenvalue weighted by molar-refractivity contribution is 6.02. The first kappa shape index (κ1) is 15.0. The number of carboxylic acids is 1. The number of phenolic OH excluding ortho intramolecular Hbond substituents is 1. The Kier molecular flexibility index (Phi) is 4.88. The molecule has 0 aliphatic rings. The van der Waals surface area contributed by atoms with Crippen molar-refractivity contribution in [3.8, 4) is 5.75 Å². The molecule has 0 heterocycles. The van der Waals surface area contributed by atoms with Gasteiger partial charge in [-0.05, 0) is 24.1 Å². The van der Waals surface area contributed by atoms with Gasteiger partial charge in [0, 0.05) is 0 Å². The number of benzene rings is 1. The third-order valence-corrected chi connectivity index (χ3v) is 3.05. The number of phenols is 1. The maximum absolute atomic E-state index is 11.9. The Labute approximate surface area is 111 Å². The average Bonchev–Trinajstić information content (AvgIpc) is 2.38. The summed E-state index contributed by atoms with van der Waals surface area (Å²) in [7, 11) is 0. The van der Waals surface area contributed by atoms with Crippen LogP contribution in [0.2, 0.25) is 0 Å². The maximum atomic E-state index is 11.9. The van der Waals surface area contributed by atoms with Crippen molar-refractivity contribution in [3.05, 3.63) is 23.8 Å². The molecule has 0 saturated heterocycles. The van der Waals surface area contributed by atoms with Gasteiger partial charge in [-0.3, -0.25) is 4.79 Å². The van der Waals surface area contributed by atoms with Crippen molar-refractivity contribution in [2.75, 3.05) is 5.32 Å². The van der Waals surface area contributed by atoms with Gasteiger partial charge in [-0.25, -0.2) is 4.79 Å². The fourth-order valence-electron chi connectivity index (χ4n) is 1.55. The van der Waals surface area contributed by atoms with Crippen molar-refractivity contribution < 1.29 is 19.8 Å². The van der Waals surface area contributed by atoms with Gasteiger partial charge in [-0.15, -0.1) is 0 Å². The molecule has 0 fully saturated rings. The molecule has 5 N–H and O–H groups in total.